The van der Waals surface area contributed by atoms with Crippen LogP contribution in [0.15, 0.2) is 41.3 Å². The molecule has 26 heavy (non-hydrogen) atoms. The number of alkyl halides is 3. The van der Waals surface area contributed by atoms with Gasteiger partial charge in [0, 0.05) is 23.4 Å². The van der Waals surface area contributed by atoms with Gasteiger partial charge in [-0.15, -0.1) is 0 Å². The Kier molecular flexibility index (Phi) is 5.52. The number of rotatable bonds is 3. The first-order valence-corrected chi connectivity index (χ1v) is 8.78. The number of fused-ring (bicyclic) bond motifs is 1. The Balaban J connectivity index is 1.86. The summed E-state index contributed by atoms with van der Waals surface area (Å²) < 4.78 is 49.1. The van der Waals surface area contributed by atoms with E-state index < -0.39 is 11.4 Å². The fourth-order valence-corrected chi connectivity index (χ4v) is 3.20. The number of carbonyl (C=O) groups is 1. The molecule has 4 nitrogen and oxygen atoms in total. The Morgan fingerprint density at radius 3 is 2.46 bits per heavy atom. The van der Waals surface area contributed by atoms with Gasteiger partial charge in [-0.2, -0.15) is 13.2 Å². The molecule has 0 fully saturated rings. The molecule has 0 saturated carbocycles. The molecule has 138 valence electrons. The van der Waals surface area contributed by atoms with E-state index in [1.807, 2.05) is 0 Å². The van der Waals surface area contributed by atoms with Crippen LogP contribution in [0.2, 0.25) is 5.02 Å². The van der Waals surface area contributed by atoms with E-state index >= 15 is 0 Å². The van der Waals surface area contributed by atoms with Crippen LogP contribution in [0.1, 0.15) is 16.8 Å². The highest BCUT2D eigenvalue weighted by atomic mass is 35.5. The maximum absolute atomic E-state index is 12.7. The number of thioether (sulfide) groups is 1. The molecule has 0 radical (unpaired) electrons. The first-order chi connectivity index (χ1) is 12.3. The second kappa shape index (κ2) is 7.67. The van der Waals surface area contributed by atoms with Gasteiger partial charge in [0.2, 0.25) is 0 Å². The van der Waals surface area contributed by atoms with E-state index in [2.05, 4.69) is 5.32 Å². The van der Waals surface area contributed by atoms with E-state index in [9.17, 15) is 18.0 Å². The third-order valence-electron chi connectivity index (χ3n) is 3.44. The lowest BCUT2D eigenvalue weighted by molar-refractivity contribution is -0.0328. The number of nitrogens with one attached hydrogen (secondary N) is 1. The normalized spacial score (nSPS) is 13.8. The van der Waals surface area contributed by atoms with Crippen LogP contribution < -0.4 is 14.8 Å². The smallest absolute Gasteiger partial charge is 0.446 e. The molecule has 0 saturated heterocycles. The second-order valence-corrected chi connectivity index (χ2v) is 6.84. The lowest BCUT2D eigenvalue weighted by atomic mass is 10.2. The van der Waals surface area contributed by atoms with E-state index in [0.717, 1.165) is 0 Å². The van der Waals surface area contributed by atoms with Crippen molar-refractivity contribution < 1.29 is 27.4 Å². The summed E-state index contributed by atoms with van der Waals surface area (Å²) in [7, 11) is 0. The molecule has 1 aliphatic rings. The molecule has 0 bridgehead atoms. The van der Waals surface area contributed by atoms with Crippen molar-refractivity contribution in [3.05, 3.63) is 47.0 Å². The minimum atomic E-state index is -4.50. The molecule has 1 heterocycles. The Labute approximate surface area is 156 Å². The van der Waals surface area contributed by atoms with Crippen molar-refractivity contribution in [2.24, 2.45) is 0 Å². The van der Waals surface area contributed by atoms with Crippen LogP contribution in [0.5, 0.6) is 11.5 Å². The van der Waals surface area contributed by atoms with Gasteiger partial charge in [0.25, 0.3) is 5.91 Å². The molecule has 3 rings (SSSR count). The first kappa shape index (κ1) is 18.7. The van der Waals surface area contributed by atoms with Gasteiger partial charge in [0.05, 0.1) is 29.5 Å². The fourth-order valence-electron chi connectivity index (χ4n) is 2.34. The van der Waals surface area contributed by atoms with E-state index in [1.165, 1.54) is 36.4 Å². The zero-order valence-corrected chi connectivity index (χ0v) is 14.8. The van der Waals surface area contributed by atoms with Crippen molar-refractivity contribution in [1.29, 1.82) is 0 Å². The zero-order valence-electron chi connectivity index (χ0n) is 13.2. The highest BCUT2D eigenvalue weighted by Gasteiger charge is 2.31. The summed E-state index contributed by atoms with van der Waals surface area (Å²) in [5.74, 6) is 0.174. The molecule has 1 N–H and O–H groups in total. The molecule has 0 spiro atoms. The lowest BCUT2D eigenvalue weighted by Gasteiger charge is -2.14. The van der Waals surface area contributed by atoms with Crippen LogP contribution in [0, 0.1) is 0 Å². The van der Waals surface area contributed by atoms with Gasteiger partial charge in [-0.25, -0.2) is 0 Å². The van der Waals surface area contributed by atoms with Gasteiger partial charge in [-0.05, 0) is 23.9 Å². The maximum Gasteiger partial charge on any atom is 0.446 e. The molecular weight excluding hydrogens is 391 g/mol. The first-order valence-electron chi connectivity index (χ1n) is 7.59. The van der Waals surface area contributed by atoms with Crippen LogP contribution in [0.3, 0.4) is 0 Å². The lowest BCUT2D eigenvalue weighted by Crippen LogP contribution is -2.14. The van der Waals surface area contributed by atoms with E-state index in [0.29, 0.717) is 31.1 Å². The average Bonchev–Trinajstić information content (AvgIpc) is 2.79. The minimum Gasteiger partial charge on any atom is -0.490 e. The number of hydrogen-bond acceptors (Lipinski definition) is 4. The predicted molar refractivity (Wildman–Crippen MR) is 93.4 cm³/mol. The van der Waals surface area contributed by atoms with Gasteiger partial charge in [0.1, 0.15) is 0 Å². The summed E-state index contributed by atoms with van der Waals surface area (Å²) in [4.78, 5) is 12.3. The molecule has 0 aromatic heterocycles. The van der Waals surface area contributed by atoms with E-state index in [-0.39, 0.29) is 32.9 Å². The van der Waals surface area contributed by atoms with Crippen molar-refractivity contribution in [1.82, 2.24) is 0 Å². The Hall–Kier alpha value is -2.06. The van der Waals surface area contributed by atoms with E-state index in [1.54, 1.807) is 0 Å². The number of halogens is 4. The van der Waals surface area contributed by atoms with Crippen molar-refractivity contribution >= 4 is 35.0 Å². The molecule has 1 aliphatic heterocycles. The van der Waals surface area contributed by atoms with Crippen LogP contribution in [-0.2, 0) is 0 Å². The number of ether oxygens (including phenoxy) is 2. The molecule has 0 unspecified atom stereocenters. The fraction of sp³-hybridized carbons (Fsp3) is 0.235. The molecule has 0 atom stereocenters. The van der Waals surface area contributed by atoms with Crippen LogP contribution >= 0.6 is 23.4 Å². The van der Waals surface area contributed by atoms with Crippen LogP contribution in [0.25, 0.3) is 0 Å². The number of benzene rings is 2. The number of hydrogen-bond donors (Lipinski definition) is 1. The zero-order chi connectivity index (χ0) is 18.7. The number of amides is 1. The third-order valence-corrected chi connectivity index (χ3v) is 4.56. The highest BCUT2D eigenvalue weighted by molar-refractivity contribution is 8.00. The standard InChI is InChI=1S/C17H13ClF3NO3S/c18-11-8-13-14(25-7-3-6-24-13)9-12(11)22-16(23)10-4-1-2-5-15(10)26-17(19,20)21/h1-2,4-5,8-9H,3,6-7H2,(H,22,23). The topological polar surface area (TPSA) is 47.6 Å². The SMILES string of the molecule is O=C(Nc1cc2c(cc1Cl)OCCCO2)c1ccccc1SC(F)(F)F. The molecule has 1 amide bonds. The largest absolute Gasteiger partial charge is 0.490 e. The van der Waals surface area contributed by atoms with Crippen molar-refractivity contribution in [2.75, 3.05) is 18.5 Å². The predicted octanol–water partition coefficient (Wildman–Crippen LogP) is 5.37. The van der Waals surface area contributed by atoms with Gasteiger partial charge >= 0.3 is 5.51 Å². The van der Waals surface area contributed by atoms with Crippen LogP contribution in [-0.4, -0.2) is 24.6 Å². The minimum absolute atomic E-state index is 0.0991. The van der Waals surface area contributed by atoms with Gasteiger partial charge in [0.15, 0.2) is 11.5 Å². The average molecular weight is 404 g/mol. The van der Waals surface area contributed by atoms with Crippen molar-refractivity contribution in [3.8, 4) is 11.5 Å². The quantitative estimate of drug-likeness (QED) is 0.700. The summed E-state index contributed by atoms with van der Waals surface area (Å²) in [6.07, 6.45) is 0.704. The van der Waals surface area contributed by atoms with Crippen molar-refractivity contribution in [2.45, 2.75) is 16.8 Å². The van der Waals surface area contributed by atoms with Crippen molar-refractivity contribution in [3.63, 3.8) is 0 Å². The monoisotopic (exact) mass is 403 g/mol. The maximum atomic E-state index is 12.7. The molecule has 2 aromatic carbocycles. The third kappa shape index (κ3) is 4.56. The van der Waals surface area contributed by atoms with Gasteiger partial charge in [-0.1, -0.05) is 23.7 Å². The summed E-state index contributed by atoms with van der Waals surface area (Å²) >= 11 is 5.81. The molecule has 2 aromatic rings. The van der Waals surface area contributed by atoms with Gasteiger partial charge < -0.3 is 14.8 Å². The summed E-state index contributed by atoms with van der Waals surface area (Å²) in [5, 5.41) is 2.73. The Morgan fingerprint density at radius 2 is 1.77 bits per heavy atom. The van der Waals surface area contributed by atoms with Crippen LogP contribution in [0.4, 0.5) is 18.9 Å². The van der Waals surface area contributed by atoms with E-state index in [4.69, 9.17) is 21.1 Å². The summed E-state index contributed by atoms with van der Waals surface area (Å²) in [5.41, 5.74) is -4.37. The summed E-state index contributed by atoms with van der Waals surface area (Å²) in [6, 6.07) is 8.49. The molecule has 0 aliphatic carbocycles. The Morgan fingerprint density at radius 1 is 1.12 bits per heavy atom. The second-order valence-electron chi connectivity index (χ2n) is 5.33. The number of anilines is 1. The molecular formula is C17H13ClF3NO3S. The number of carbonyl (C=O) groups excluding carboxylic acids is 1. The van der Waals surface area contributed by atoms with Gasteiger partial charge in [-0.3, -0.25) is 4.79 Å². The molecule has 9 heteroatoms. The Bertz CT molecular complexity index is 829. The highest BCUT2D eigenvalue weighted by Crippen LogP contribution is 2.40. The summed E-state index contributed by atoms with van der Waals surface area (Å²) in [6.45, 7) is 0.935.